The molecule has 36 heavy (non-hydrogen) atoms. The van der Waals surface area contributed by atoms with Gasteiger partial charge in [0.1, 0.15) is 11.5 Å². The van der Waals surface area contributed by atoms with Crippen LogP contribution in [0.15, 0.2) is 127 Å². The molecule has 0 aromatic heterocycles. The third kappa shape index (κ3) is 4.18. The van der Waals surface area contributed by atoms with Crippen molar-refractivity contribution in [3.8, 4) is 11.5 Å². The number of ether oxygens (including phenoxy) is 1. The number of hydrogen-bond donors (Lipinski definition) is 0. The number of fused-ring (bicyclic) bond motifs is 2. The van der Waals surface area contributed by atoms with Crippen LogP contribution in [0.1, 0.15) is 25.0 Å². The molecular formula is C33H28OP2. The SMILES string of the molecule is CC1(C)c2cccc(Pc3ccccc3)c2Oc2c(P(c3ccccc3)c3ccccc3)cccc21. The van der Waals surface area contributed by atoms with Crippen molar-refractivity contribution in [2.24, 2.45) is 0 Å². The Kier molecular flexibility index (Phi) is 6.22. The van der Waals surface area contributed by atoms with Gasteiger partial charge in [-0.15, -0.1) is 0 Å². The summed E-state index contributed by atoms with van der Waals surface area (Å²) in [6, 6.07) is 45.8. The van der Waals surface area contributed by atoms with E-state index in [4.69, 9.17) is 4.74 Å². The minimum Gasteiger partial charge on any atom is -0.455 e. The number of hydrogen-bond acceptors (Lipinski definition) is 1. The third-order valence-corrected chi connectivity index (χ3v) is 10.6. The Balaban J connectivity index is 1.53. The van der Waals surface area contributed by atoms with Crippen molar-refractivity contribution in [3.63, 3.8) is 0 Å². The van der Waals surface area contributed by atoms with Crippen LogP contribution in [0.3, 0.4) is 0 Å². The molecule has 1 nitrogen and oxygen atoms in total. The van der Waals surface area contributed by atoms with E-state index < -0.39 is 7.92 Å². The summed E-state index contributed by atoms with van der Waals surface area (Å²) in [6.07, 6.45) is 0. The van der Waals surface area contributed by atoms with Crippen molar-refractivity contribution in [3.05, 3.63) is 139 Å². The summed E-state index contributed by atoms with van der Waals surface area (Å²) >= 11 is 0. The molecule has 0 saturated carbocycles. The second kappa shape index (κ2) is 9.67. The molecule has 0 saturated heterocycles. The Morgan fingerprint density at radius 1 is 0.556 bits per heavy atom. The minimum absolute atomic E-state index is 0.162. The Labute approximate surface area is 216 Å². The summed E-state index contributed by atoms with van der Waals surface area (Å²) in [7, 11) is -0.226. The molecule has 1 aliphatic heterocycles. The topological polar surface area (TPSA) is 9.23 Å². The fourth-order valence-electron chi connectivity index (χ4n) is 5.04. The normalized spacial score (nSPS) is 13.9. The van der Waals surface area contributed by atoms with E-state index in [1.165, 1.54) is 37.6 Å². The maximum Gasteiger partial charge on any atom is 0.139 e. The average molecular weight is 503 g/mol. The lowest BCUT2D eigenvalue weighted by molar-refractivity contribution is 0.425. The maximum absolute atomic E-state index is 6.99. The molecule has 3 heteroatoms. The molecular weight excluding hydrogens is 474 g/mol. The van der Waals surface area contributed by atoms with E-state index in [1.807, 2.05) is 0 Å². The molecule has 5 aromatic rings. The van der Waals surface area contributed by atoms with Gasteiger partial charge in [0.25, 0.3) is 0 Å². The zero-order chi connectivity index (χ0) is 24.5. The molecule has 0 bridgehead atoms. The highest BCUT2D eigenvalue weighted by atomic mass is 31.1. The molecule has 0 fully saturated rings. The molecule has 1 aliphatic rings. The molecule has 0 N–H and O–H groups in total. The average Bonchev–Trinajstić information content (AvgIpc) is 2.92. The lowest BCUT2D eigenvalue weighted by atomic mass is 9.76. The van der Waals surface area contributed by atoms with Gasteiger partial charge in [0.05, 0.1) is 0 Å². The Morgan fingerprint density at radius 2 is 1.08 bits per heavy atom. The van der Waals surface area contributed by atoms with Crippen LogP contribution in [0.5, 0.6) is 11.5 Å². The van der Waals surface area contributed by atoms with Crippen molar-refractivity contribution < 1.29 is 4.74 Å². The van der Waals surface area contributed by atoms with Gasteiger partial charge < -0.3 is 4.74 Å². The minimum atomic E-state index is -0.772. The fraction of sp³-hybridized carbons (Fsp3) is 0.0909. The Bertz CT molecular complexity index is 1460. The van der Waals surface area contributed by atoms with Gasteiger partial charge in [-0.1, -0.05) is 150 Å². The monoisotopic (exact) mass is 502 g/mol. The first kappa shape index (κ1) is 23.2. The molecule has 1 heterocycles. The first-order chi connectivity index (χ1) is 17.6. The van der Waals surface area contributed by atoms with E-state index in [-0.39, 0.29) is 5.41 Å². The summed E-state index contributed by atoms with van der Waals surface area (Å²) in [4.78, 5) is 0. The predicted octanol–water partition coefficient (Wildman–Crippen LogP) is 6.51. The third-order valence-electron chi connectivity index (χ3n) is 6.88. The summed E-state index contributed by atoms with van der Waals surface area (Å²) in [6.45, 7) is 4.67. The van der Waals surface area contributed by atoms with Gasteiger partial charge in [0.2, 0.25) is 0 Å². The van der Waals surface area contributed by atoms with Gasteiger partial charge in [0, 0.05) is 27.2 Å². The van der Waals surface area contributed by atoms with Crippen LogP contribution >= 0.6 is 16.5 Å². The van der Waals surface area contributed by atoms with E-state index >= 15 is 0 Å². The highest BCUT2D eigenvalue weighted by molar-refractivity contribution is 7.80. The second-order valence-corrected chi connectivity index (χ2v) is 13.1. The molecule has 1 unspecified atom stereocenters. The van der Waals surface area contributed by atoms with Crippen LogP contribution in [0.4, 0.5) is 0 Å². The molecule has 0 aliphatic carbocycles. The zero-order valence-electron chi connectivity index (χ0n) is 20.5. The number of benzene rings is 5. The summed E-state index contributed by atoms with van der Waals surface area (Å²) in [5, 5.41) is 6.52. The van der Waals surface area contributed by atoms with Crippen molar-refractivity contribution in [2.75, 3.05) is 0 Å². The van der Waals surface area contributed by atoms with Gasteiger partial charge >= 0.3 is 0 Å². The number of rotatable bonds is 5. The maximum atomic E-state index is 6.99. The highest BCUT2D eigenvalue weighted by Crippen LogP contribution is 2.50. The van der Waals surface area contributed by atoms with Gasteiger partial charge in [-0.3, -0.25) is 0 Å². The van der Waals surface area contributed by atoms with Gasteiger partial charge in [-0.25, -0.2) is 0 Å². The molecule has 6 rings (SSSR count). The van der Waals surface area contributed by atoms with Gasteiger partial charge in [-0.05, 0) is 23.8 Å². The standard InChI is InChI=1S/C33H28OP2/c1-33(2)27-20-12-22-29(35-24-14-6-3-7-15-24)31(27)34-32-28(33)21-13-23-30(32)36(25-16-8-4-9-17-25)26-18-10-5-11-19-26/h3-23,35H,1-2H3. The summed E-state index contributed by atoms with van der Waals surface area (Å²) in [5.41, 5.74) is 2.36. The number of para-hydroxylation sites is 2. The van der Waals surface area contributed by atoms with Crippen LogP contribution in [0.2, 0.25) is 0 Å². The molecule has 1 atom stereocenters. The van der Waals surface area contributed by atoms with E-state index in [1.54, 1.807) is 0 Å². The van der Waals surface area contributed by atoms with Crippen molar-refractivity contribution >= 4 is 43.0 Å². The Hall–Kier alpha value is -3.24. The summed E-state index contributed by atoms with van der Waals surface area (Å²) in [5.74, 6) is 2.06. The fourth-order valence-corrected chi connectivity index (χ4v) is 8.59. The van der Waals surface area contributed by atoms with Crippen LogP contribution in [-0.2, 0) is 5.41 Å². The lowest BCUT2D eigenvalue weighted by Gasteiger charge is -2.37. The Morgan fingerprint density at radius 3 is 1.69 bits per heavy atom. The van der Waals surface area contributed by atoms with Crippen LogP contribution in [-0.4, -0.2) is 0 Å². The van der Waals surface area contributed by atoms with Gasteiger partial charge in [-0.2, -0.15) is 0 Å². The first-order valence-electron chi connectivity index (χ1n) is 12.3. The quantitative estimate of drug-likeness (QED) is 0.249. The second-order valence-electron chi connectivity index (χ2n) is 9.56. The first-order valence-corrected chi connectivity index (χ1v) is 14.6. The van der Waals surface area contributed by atoms with Crippen LogP contribution in [0, 0.1) is 0 Å². The predicted molar refractivity (Wildman–Crippen MR) is 158 cm³/mol. The van der Waals surface area contributed by atoms with E-state index in [0.29, 0.717) is 8.58 Å². The van der Waals surface area contributed by atoms with Crippen LogP contribution in [0.25, 0.3) is 0 Å². The smallest absolute Gasteiger partial charge is 0.139 e. The van der Waals surface area contributed by atoms with Crippen LogP contribution < -0.4 is 31.3 Å². The molecule has 0 amide bonds. The van der Waals surface area contributed by atoms with Crippen molar-refractivity contribution in [1.82, 2.24) is 0 Å². The molecule has 176 valence electrons. The molecule has 0 radical (unpaired) electrons. The van der Waals surface area contributed by atoms with Crippen molar-refractivity contribution in [2.45, 2.75) is 19.3 Å². The largest absolute Gasteiger partial charge is 0.455 e. The van der Waals surface area contributed by atoms with Gasteiger partial charge in [0.15, 0.2) is 0 Å². The van der Waals surface area contributed by atoms with E-state index in [9.17, 15) is 0 Å². The van der Waals surface area contributed by atoms with E-state index in [0.717, 1.165) is 11.5 Å². The van der Waals surface area contributed by atoms with Crippen molar-refractivity contribution in [1.29, 1.82) is 0 Å². The molecule has 0 spiro atoms. The highest BCUT2D eigenvalue weighted by Gasteiger charge is 2.37. The zero-order valence-corrected chi connectivity index (χ0v) is 22.4. The summed E-state index contributed by atoms with van der Waals surface area (Å²) < 4.78 is 6.99. The van der Waals surface area contributed by atoms with E-state index in [2.05, 4.69) is 141 Å². The lowest BCUT2D eigenvalue weighted by Crippen LogP contribution is -2.31. The molecule has 5 aromatic carbocycles.